The van der Waals surface area contributed by atoms with Gasteiger partial charge in [0, 0.05) is 24.5 Å². The van der Waals surface area contributed by atoms with Crippen molar-refractivity contribution in [3.8, 4) is 0 Å². The Morgan fingerprint density at radius 2 is 1.59 bits per heavy atom. The second kappa shape index (κ2) is 7.74. The van der Waals surface area contributed by atoms with Crippen molar-refractivity contribution in [2.75, 3.05) is 11.5 Å². The molecule has 2 amide bonds. The summed E-state index contributed by atoms with van der Waals surface area (Å²) in [6, 6.07) is 5.19. The Balaban J connectivity index is 1.32. The molecule has 10 heteroatoms. The Hall–Kier alpha value is -3.69. The number of fused-ring (bicyclic) bond motifs is 1. The van der Waals surface area contributed by atoms with Crippen LogP contribution in [0.5, 0.6) is 0 Å². The molecule has 1 aliphatic rings. The Morgan fingerprint density at radius 1 is 0.931 bits per heavy atom. The third-order valence-electron chi connectivity index (χ3n) is 5.21. The van der Waals surface area contributed by atoms with Gasteiger partial charge in [0.1, 0.15) is 11.3 Å². The molecule has 0 spiro atoms. The fourth-order valence-corrected chi connectivity index (χ4v) is 3.60. The van der Waals surface area contributed by atoms with E-state index in [-0.39, 0.29) is 35.4 Å². The van der Waals surface area contributed by atoms with Crippen molar-refractivity contribution in [1.82, 2.24) is 30.4 Å². The Bertz CT molecular complexity index is 1060. The molecular formula is C19H22N8O2. The minimum absolute atomic E-state index is 0.0191. The molecule has 4 rings (SSSR count). The van der Waals surface area contributed by atoms with E-state index in [0.717, 1.165) is 25.7 Å². The van der Waals surface area contributed by atoms with E-state index >= 15 is 0 Å². The van der Waals surface area contributed by atoms with Crippen molar-refractivity contribution >= 4 is 28.8 Å². The van der Waals surface area contributed by atoms with Crippen LogP contribution >= 0.6 is 0 Å². The van der Waals surface area contributed by atoms with Gasteiger partial charge in [0.05, 0.1) is 23.0 Å². The molecule has 10 nitrogen and oxygen atoms in total. The van der Waals surface area contributed by atoms with Crippen molar-refractivity contribution < 1.29 is 9.59 Å². The number of hydrogen-bond donors (Lipinski definition) is 4. The monoisotopic (exact) mass is 394 g/mol. The number of nitrogens with zero attached hydrogens (tertiary/aromatic N) is 4. The summed E-state index contributed by atoms with van der Waals surface area (Å²) in [5.41, 5.74) is 13.2. The molecule has 1 aliphatic carbocycles. The summed E-state index contributed by atoms with van der Waals surface area (Å²) < 4.78 is 1.43. The number of aromatic nitrogens is 4. The number of nitrogen functional groups attached to an aromatic ring is 2. The maximum Gasteiger partial charge on any atom is 0.255 e. The first kappa shape index (κ1) is 18.7. The van der Waals surface area contributed by atoms with Gasteiger partial charge in [-0.25, -0.2) is 4.98 Å². The highest BCUT2D eigenvalue weighted by Crippen LogP contribution is 2.22. The van der Waals surface area contributed by atoms with Gasteiger partial charge in [-0.1, -0.05) is 0 Å². The molecule has 0 unspecified atom stereocenters. The average Bonchev–Trinajstić information content (AvgIpc) is 3.16. The van der Waals surface area contributed by atoms with Crippen LogP contribution in [0.4, 0.5) is 11.5 Å². The van der Waals surface area contributed by atoms with E-state index in [1.54, 1.807) is 24.4 Å². The zero-order chi connectivity index (χ0) is 20.4. The van der Waals surface area contributed by atoms with Crippen LogP contribution in [0, 0.1) is 0 Å². The molecule has 29 heavy (non-hydrogen) atoms. The number of amides is 2. The average molecular weight is 394 g/mol. The van der Waals surface area contributed by atoms with Crippen molar-refractivity contribution in [2.24, 2.45) is 0 Å². The van der Waals surface area contributed by atoms with E-state index in [9.17, 15) is 9.59 Å². The lowest BCUT2D eigenvalue weighted by Crippen LogP contribution is -2.44. The molecule has 3 aromatic rings. The Morgan fingerprint density at radius 3 is 2.28 bits per heavy atom. The van der Waals surface area contributed by atoms with Crippen LogP contribution < -0.4 is 22.1 Å². The fraction of sp³-hybridized carbons (Fsp3) is 0.316. The van der Waals surface area contributed by atoms with E-state index in [2.05, 4.69) is 25.8 Å². The molecule has 6 N–H and O–H groups in total. The lowest BCUT2D eigenvalue weighted by Gasteiger charge is -2.29. The molecule has 150 valence electrons. The van der Waals surface area contributed by atoms with Crippen LogP contribution in [0.15, 0.2) is 36.8 Å². The number of nitrogens with one attached hydrogen (secondary N) is 2. The molecule has 0 radical (unpaired) electrons. The molecule has 0 aromatic carbocycles. The van der Waals surface area contributed by atoms with E-state index in [4.69, 9.17) is 11.5 Å². The highest BCUT2D eigenvalue weighted by Gasteiger charge is 2.25. The molecule has 0 atom stereocenters. The van der Waals surface area contributed by atoms with Gasteiger partial charge in [0.25, 0.3) is 11.8 Å². The molecule has 1 saturated carbocycles. The number of nitrogens with two attached hydrogens (primary N) is 2. The van der Waals surface area contributed by atoms with Crippen LogP contribution in [0.2, 0.25) is 0 Å². The Labute approximate surface area is 166 Å². The first-order valence-electron chi connectivity index (χ1n) is 9.43. The van der Waals surface area contributed by atoms with Crippen LogP contribution in [-0.4, -0.2) is 43.7 Å². The number of pyridine rings is 1. The third kappa shape index (κ3) is 3.82. The molecule has 0 bridgehead atoms. The van der Waals surface area contributed by atoms with E-state index in [1.807, 2.05) is 0 Å². The number of carbonyl (C=O) groups is 2. The van der Waals surface area contributed by atoms with Gasteiger partial charge >= 0.3 is 0 Å². The number of carbonyl (C=O) groups excluding carboxylic acids is 2. The largest absolute Gasteiger partial charge is 0.395 e. The van der Waals surface area contributed by atoms with Gasteiger partial charge in [-0.2, -0.15) is 14.8 Å². The summed E-state index contributed by atoms with van der Waals surface area (Å²) in [5, 5.41) is 14.2. The van der Waals surface area contributed by atoms with Gasteiger partial charge in [0.15, 0.2) is 0 Å². The van der Waals surface area contributed by atoms with Crippen LogP contribution in [0.25, 0.3) is 5.52 Å². The van der Waals surface area contributed by atoms with E-state index in [1.165, 1.54) is 17.0 Å². The van der Waals surface area contributed by atoms with Crippen LogP contribution in [-0.2, 0) is 0 Å². The van der Waals surface area contributed by atoms with Gasteiger partial charge < -0.3 is 22.1 Å². The van der Waals surface area contributed by atoms with E-state index in [0.29, 0.717) is 16.6 Å². The lowest BCUT2D eigenvalue weighted by atomic mass is 9.90. The smallest absolute Gasteiger partial charge is 0.255 e. The highest BCUT2D eigenvalue weighted by molar-refractivity contribution is 6.01. The summed E-state index contributed by atoms with van der Waals surface area (Å²) in [6.45, 7) is 0. The topological polar surface area (TPSA) is 153 Å². The first-order valence-corrected chi connectivity index (χ1v) is 9.43. The summed E-state index contributed by atoms with van der Waals surface area (Å²) >= 11 is 0. The van der Waals surface area contributed by atoms with Crippen molar-refractivity contribution in [1.29, 1.82) is 0 Å². The quantitative estimate of drug-likeness (QED) is 0.509. The van der Waals surface area contributed by atoms with Gasteiger partial charge in [-0.3, -0.25) is 9.59 Å². The van der Waals surface area contributed by atoms with Crippen molar-refractivity contribution in [3.63, 3.8) is 0 Å². The normalized spacial score (nSPS) is 19.0. The zero-order valence-electron chi connectivity index (χ0n) is 15.7. The molecular weight excluding hydrogens is 372 g/mol. The molecule has 3 aromatic heterocycles. The predicted molar refractivity (Wildman–Crippen MR) is 107 cm³/mol. The van der Waals surface area contributed by atoms with Crippen LogP contribution in [0.3, 0.4) is 0 Å². The summed E-state index contributed by atoms with van der Waals surface area (Å²) in [6.07, 6.45) is 7.65. The lowest BCUT2D eigenvalue weighted by molar-refractivity contribution is 0.0893. The van der Waals surface area contributed by atoms with Gasteiger partial charge in [0.2, 0.25) is 0 Å². The predicted octanol–water partition coefficient (Wildman–Crippen LogP) is 0.760. The number of hydrogen-bond acceptors (Lipinski definition) is 7. The molecule has 0 saturated heterocycles. The molecule has 1 fully saturated rings. The third-order valence-corrected chi connectivity index (χ3v) is 5.21. The van der Waals surface area contributed by atoms with Crippen LogP contribution in [0.1, 0.15) is 46.4 Å². The summed E-state index contributed by atoms with van der Waals surface area (Å²) in [4.78, 5) is 28.9. The standard InChI is InChI=1S/C19H22N8O2/c20-16-13(7-9-22-17(16)21)18(28)25-11-3-5-12(6-4-11)26-19(29)14-10-24-27-15(14)2-1-8-23-27/h1-2,7-12H,3-6,20H2,(H2,21,22)(H,25,28)(H,26,29). The summed E-state index contributed by atoms with van der Waals surface area (Å²) in [7, 11) is 0. The van der Waals surface area contributed by atoms with E-state index < -0.39 is 0 Å². The maximum absolute atomic E-state index is 12.6. The summed E-state index contributed by atoms with van der Waals surface area (Å²) in [5.74, 6) is -0.282. The fourth-order valence-electron chi connectivity index (χ4n) is 3.60. The van der Waals surface area contributed by atoms with Crippen molar-refractivity contribution in [2.45, 2.75) is 37.8 Å². The molecule has 0 aliphatic heterocycles. The van der Waals surface area contributed by atoms with Gasteiger partial charge in [-0.15, -0.1) is 0 Å². The number of rotatable bonds is 4. The van der Waals surface area contributed by atoms with Crippen molar-refractivity contribution in [3.05, 3.63) is 47.9 Å². The van der Waals surface area contributed by atoms with Gasteiger partial charge in [-0.05, 0) is 43.9 Å². The maximum atomic E-state index is 12.6. The highest BCUT2D eigenvalue weighted by atomic mass is 16.2. The molecule has 3 heterocycles. The minimum Gasteiger partial charge on any atom is -0.395 e. The second-order valence-electron chi connectivity index (χ2n) is 7.11. The number of anilines is 2. The Kier molecular flexibility index (Phi) is 4.98. The zero-order valence-corrected chi connectivity index (χ0v) is 15.7. The SMILES string of the molecule is Nc1nccc(C(=O)NC2CCC(NC(=O)c3cnn4ncccc34)CC2)c1N. The minimum atomic E-state index is -0.261. The second-order valence-corrected chi connectivity index (χ2v) is 7.11. The first-order chi connectivity index (χ1) is 14.0.